The van der Waals surface area contributed by atoms with Crippen molar-refractivity contribution in [3.05, 3.63) is 23.4 Å². The summed E-state index contributed by atoms with van der Waals surface area (Å²) in [4.78, 5) is 28.5. The van der Waals surface area contributed by atoms with Crippen LogP contribution in [0.15, 0.2) is 33.4 Å². The maximum atomic E-state index is 13.0. The van der Waals surface area contributed by atoms with E-state index in [9.17, 15) is 10.1 Å². The van der Waals surface area contributed by atoms with Crippen LogP contribution in [0.25, 0.3) is 0 Å². The summed E-state index contributed by atoms with van der Waals surface area (Å²) in [6.07, 6.45) is 9.56. The number of likely N-dealkylation sites (tertiary alicyclic amines) is 1. The molecule has 0 N–H and O–H groups in total. The van der Waals surface area contributed by atoms with Crippen molar-refractivity contribution < 1.29 is 9.53 Å². The fourth-order valence-electron chi connectivity index (χ4n) is 5.12. The number of nitriles is 1. The van der Waals surface area contributed by atoms with Crippen LogP contribution in [0.4, 0.5) is 0 Å². The van der Waals surface area contributed by atoms with Gasteiger partial charge in [0.05, 0.1) is 19.9 Å². The molecular formula is C23H32N6O2. The highest BCUT2D eigenvalue weighted by Gasteiger charge is 2.37. The number of carbonyl (C=O) groups is 1. The van der Waals surface area contributed by atoms with Crippen molar-refractivity contribution >= 4 is 18.5 Å². The summed E-state index contributed by atoms with van der Waals surface area (Å²) in [5.74, 6) is 0.402. The van der Waals surface area contributed by atoms with Gasteiger partial charge in [0.1, 0.15) is 17.5 Å². The van der Waals surface area contributed by atoms with Gasteiger partial charge < -0.3 is 4.74 Å². The average Bonchev–Trinajstić information content (AvgIpc) is 3.34. The van der Waals surface area contributed by atoms with E-state index in [1.807, 2.05) is 6.07 Å². The van der Waals surface area contributed by atoms with E-state index in [2.05, 4.69) is 21.5 Å². The number of nitrogens with zero attached hydrogens (tertiary/aromatic N) is 6. The molecule has 0 spiro atoms. The van der Waals surface area contributed by atoms with E-state index in [0.717, 1.165) is 77.9 Å². The highest BCUT2D eigenvalue weighted by molar-refractivity contribution is 6.19. The zero-order chi connectivity index (χ0) is 21.6. The Balaban J connectivity index is 1.48. The highest BCUT2D eigenvalue weighted by atomic mass is 16.5. The molecule has 1 amide bonds. The van der Waals surface area contributed by atoms with Gasteiger partial charge in [0.15, 0.2) is 0 Å². The van der Waals surface area contributed by atoms with Crippen LogP contribution in [0.1, 0.15) is 38.5 Å². The van der Waals surface area contributed by atoms with E-state index in [1.54, 1.807) is 17.2 Å². The Labute approximate surface area is 184 Å². The quantitative estimate of drug-likeness (QED) is 0.630. The zero-order valence-corrected chi connectivity index (χ0v) is 18.2. The zero-order valence-electron chi connectivity index (χ0n) is 18.2. The van der Waals surface area contributed by atoms with Crippen molar-refractivity contribution in [2.75, 3.05) is 46.1 Å². The largest absolute Gasteiger partial charge is 0.379 e. The van der Waals surface area contributed by atoms with Gasteiger partial charge in [-0.05, 0) is 38.5 Å². The maximum Gasteiger partial charge on any atom is 0.270 e. The van der Waals surface area contributed by atoms with Gasteiger partial charge in [-0.25, -0.2) is 0 Å². The van der Waals surface area contributed by atoms with E-state index >= 15 is 0 Å². The number of amides is 1. The Hall–Kier alpha value is -2.34. The molecular weight excluding hydrogens is 392 g/mol. The van der Waals surface area contributed by atoms with Crippen molar-refractivity contribution in [2.45, 2.75) is 50.6 Å². The van der Waals surface area contributed by atoms with Crippen molar-refractivity contribution in [3.8, 4) is 6.07 Å². The fraction of sp³-hybridized carbons (Fsp3) is 0.652. The van der Waals surface area contributed by atoms with Gasteiger partial charge in [0.25, 0.3) is 5.91 Å². The Morgan fingerprint density at radius 1 is 1.13 bits per heavy atom. The molecule has 166 valence electrons. The molecule has 0 radical (unpaired) electrons. The lowest BCUT2D eigenvalue weighted by molar-refractivity contribution is -0.124. The second-order valence-corrected chi connectivity index (χ2v) is 8.67. The molecule has 31 heavy (non-hydrogen) atoms. The minimum atomic E-state index is -0.236. The molecule has 4 aliphatic rings. The minimum absolute atomic E-state index is 0.101. The Kier molecular flexibility index (Phi) is 7.28. The van der Waals surface area contributed by atoms with E-state index in [-0.39, 0.29) is 17.5 Å². The number of rotatable bonds is 5. The topological polar surface area (TPSA) is 84.5 Å². The summed E-state index contributed by atoms with van der Waals surface area (Å²) in [5.41, 5.74) is 0.841. The second-order valence-electron chi connectivity index (χ2n) is 8.67. The van der Waals surface area contributed by atoms with Crippen LogP contribution >= 0.6 is 0 Å². The number of piperidine rings is 1. The third-order valence-electron chi connectivity index (χ3n) is 6.82. The molecule has 0 atom stereocenters. The number of hydrogen-bond donors (Lipinski definition) is 0. The molecule has 4 rings (SSSR count). The van der Waals surface area contributed by atoms with Crippen LogP contribution in [0, 0.1) is 11.3 Å². The molecule has 8 heteroatoms. The number of carbonyl (C=O) groups excluding carboxylic acids is 1. The van der Waals surface area contributed by atoms with Crippen LogP contribution < -0.4 is 0 Å². The van der Waals surface area contributed by atoms with E-state index in [4.69, 9.17) is 9.73 Å². The van der Waals surface area contributed by atoms with Gasteiger partial charge in [0, 0.05) is 50.0 Å². The number of amidine groups is 1. The molecule has 0 aromatic rings. The summed E-state index contributed by atoms with van der Waals surface area (Å²) < 4.78 is 5.48. The Bertz CT molecular complexity index is 806. The van der Waals surface area contributed by atoms with Gasteiger partial charge in [-0.15, -0.1) is 0 Å². The fourth-order valence-corrected chi connectivity index (χ4v) is 5.12. The van der Waals surface area contributed by atoms with Crippen LogP contribution in [0.2, 0.25) is 0 Å². The first kappa shape index (κ1) is 21.9. The first-order valence-electron chi connectivity index (χ1n) is 11.4. The van der Waals surface area contributed by atoms with E-state index < -0.39 is 0 Å². The summed E-state index contributed by atoms with van der Waals surface area (Å²) in [6.45, 7) is 9.83. The molecule has 3 fully saturated rings. The van der Waals surface area contributed by atoms with Crippen molar-refractivity contribution in [1.29, 1.82) is 5.26 Å². The van der Waals surface area contributed by atoms with Gasteiger partial charge >= 0.3 is 0 Å². The van der Waals surface area contributed by atoms with Gasteiger partial charge in [-0.1, -0.05) is 12.8 Å². The Morgan fingerprint density at radius 3 is 2.48 bits per heavy atom. The third-order valence-corrected chi connectivity index (χ3v) is 6.82. The molecule has 1 aliphatic carbocycles. The van der Waals surface area contributed by atoms with Crippen LogP contribution in [0.5, 0.6) is 0 Å². The van der Waals surface area contributed by atoms with Gasteiger partial charge in [-0.3, -0.25) is 29.5 Å². The molecule has 3 aliphatic heterocycles. The number of hydrogen-bond acceptors (Lipinski definition) is 7. The number of aliphatic imine (C=N–C) groups is 2. The smallest absolute Gasteiger partial charge is 0.270 e. The van der Waals surface area contributed by atoms with Gasteiger partial charge in [0.2, 0.25) is 0 Å². The molecule has 3 heterocycles. The number of ether oxygens (including phenoxy) is 1. The molecule has 8 nitrogen and oxygen atoms in total. The van der Waals surface area contributed by atoms with Crippen LogP contribution in [0.3, 0.4) is 0 Å². The highest BCUT2D eigenvalue weighted by Crippen LogP contribution is 2.30. The van der Waals surface area contributed by atoms with Crippen LogP contribution in [-0.4, -0.2) is 91.3 Å². The van der Waals surface area contributed by atoms with Crippen molar-refractivity contribution in [3.63, 3.8) is 0 Å². The summed E-state index contributed by atoms with van der Waals surface area (Å²) >= 11 is 0. The lowest BCUT2D eigenvalue weighted by atomic mass is 10.0. The van der Waals surface area contributed by atoms with Gasteiger partial charge in [-0.2, -0.15) is 5.26 Å². The van der Waals surface area contributed by atoms with Crippen molar-refractivity contribution in [1.82, 2.24) is 14.7 Å². The van der Waals surface area contributed by atoms with E-state index in [1.165, 1.54) is 0 Å². The maximum absolute atomic E-state index is 13.0. The monoisotopic (exact) mass is 424 g/mol. The molecule has 0 bridgehead atoms. The third kappa shape index (κ3) is 4.95. The average molecular weight is 425 g/mol. The molecule has 0 aromatic heterocycles. The predicted molar refractivity (Wildman–Crippen MR) is 120 cm³/mol. The predicted octanol–water partition coefficient (Wildman–Crippen LogP) is 1.96. The van der Waals surface area contributed by atoms with E-state index in [0.29, 0.717) is 24.1 Å². The summed E-state index contributed by atoms with van der Waals surface area (Å²) in [7, 11) is 0. The molecule has 2 saturated heterocycles. The molecule has 0 aromatic carbocycles. The summed E-state index contributed by atoms with van der Waals surface area (Å²) in [6, 6.07) is 2.77. The minimum Gasteiger partial charge on any atom is -0.379 e. The molecule has 0 unspecified atom stereocenters. The second kappa shape index (κ2) is 10.3. The molecule has 1 saturated carbocycles. The first-order chi connectivity index (χ1) is 15.2. The number of morpholine rings is 1. The lowest BCUT2D eigenvalue weighted by Crippen LogP contribution is -2.49. The SMILES string of the molecule is C=N/C=C1/C=C(C#N)C(=O)N(C2CCCC2)C1=NCN1CCC(N2CCOCC2)CC1. The Morgan fingerprint density at radius 2 is 1.84 bits per heavy atom. The van der Waals surface area contributed by atoms with Crippen molar-refractivity contribution in [2.24, 2.45) is 9.98 Å². The van der Waals surface area contributed by atoms with Crippen LogP contribution in [-0.2, 0) is 9.53 Å². The lowest BCUT2D eigenvalue weighted by Gasteiger charge is -2.40. The first-order valence-corrected chi connectivity index (χ1v) is 11.4. The normalized spacial score (nSPS) is 27.6. The standard InChI is InChI=1S/C23H32N6O2/c1-25-16-19-14-18(15-24)23(30)29(21-4-2-3-5-21)22(19)26-17-27-8-6-20(7-9-27)28-10-12-31-13-11-28/h14,16,20-21H,1-13,17H2/b19-16-,26-22?. The summed E-state index contributed by atoms with van der Waals surface area (Å²) in [5, 5.41) is 9.46.